The van der Waals surface area contributed by atoms with E-state index in [2.05, 4.69) is 4.98 Å². The molecule has 0 spiro atoms. The lowest BCUT2D eigenvalue weighted by Gasteiger charge is -2.25. The summed E-state index contributed by atoms with van der Waals surface area (Å²) in [5.74, 6) is -3.76. The van der Waals surface area contributed by atoms with Gasteiger partial charge in [0.25, 0.3) is 5.91 Å². The number of carbonyl (C=O) groups is 3. The summed E-state index contributed by atoms with van der Waals surface area (Å²) >= 11 is 0. The topological polar surface area (TPSA) is 123 Å². The molecule has 3 N–H and O–H groups in total. The summed E-state index contributed by atoms with van der Waals surface area (Å²) in [4.78, 5) is 42.0. The van der Waals surface area contributed by atoms with Gasteiger partial charge in [-0.15, -0.1) is 0 Å². The minimum atomic E-state index is -1.16. The van der Waals surface area contributed by atoms with Crippen molar-refractivity contribution in [2.75, 3.05) is 0 Å². The number of carbonyl (C=O) groups excluding carboxylic acids is 3. The van der Waals surface area contributed by atoms with Gasteiger partial charge in [-0.05, 0) is 45.4 Å². The van der Waals surface area contributed by atoms with E-state index >= 15 is 4.39 Å². The number of aliphatic hydroxyl groups is 1. The molecule has 0 bridgehead atoms. The van der Waals surface area contributed by atoms with Gasteiger partial charge in [-0.25, -0.2) is 8.78 Å². The number of fused-ring (bicyclic) bond motifs is 1. The minimum absolute atomic E-state index is 0.0125. The number of aromatic nitrogens is 1. The average molecular weight is 461 g/mol. The maximum absolute atomic E-state index is 15.3. The van der Waals surface area contributed by atoms with E-state index in [1.807, 2.05) is 0 Å². The Labute approximate surface area is 189 Å². The third kappa shape index (κ3) is 5.00. The van der Waals surface area contributed by atoms with E-state index in [1.165, 1.54) is 24.4 Å². The molecule has 3 rings (SSSR count). The van der Waals surface area contributed by atoms with Crippen molar-refractivity contribution >= 4 is 17.8 Å². The molecule has 2 heterocycles. The summed E-state index contributed by atoms with van der Waals surface area (Å²) in [5.41, 5.74) is 4.22. The number of hydrogen-bond acceptors (Lipinski definition) is 6. The van der Waals surface area contributed by atoms with Gasteiger partial charge in [0.15, 0.2) is 5.82 Å². The summed E-state index contributed by atoms with van der Waals surface area (Å²) in [6.07, 6.45) is 0.989. The standard InChI is InChI=1S/C23H25F2N3O5/c1-23(2,3)33-17(30)7-6-16(21(26)31)28-10-15-13(22(28)32)4-5-14(19(15)25)20-18(24)12(11-29)8-9-27-20/h4-5,8-9,16,29H,6-7,10-11H2,1-3H3,(H2,26,31)/t16-/m0/s1. The Morgan fingerprint density at radius 3 is 2.48 bits per heavy atom. The normalized spacial score (nSPS) is 14.2. The Bertz CT molecular complexity index is 1110. The second-order valence-electron chi connectivity index (χ2n) is 8.72. The number of nitrogens with two attached hydrogens (primary N) is 1. The largest absolute Gasteiger partial charge is 0.460 e. The predicted molar refractivity (Wildman–Crippen MR) is 113 cm³/mol. The van der Waals surface area contributed by atoms with Crippen molar-refractivity contribution in [3.63, 3.8) is 0 Å². The van der Waals surface area contributed by atoms with Gasteiger partial charge in [0, 0.05) is 34.9 Å². The van der Waals surface area contributed by atoms with Crippen LogP contribution in [0.25, 0.3) is 11.3 Å². The van der Waals surface area contributed by atoms with E-state index in [4.69, 9.17) is 10.5 Å². The van der Waals surface area contributed by atoms with Crippen LogP contribution in [0.2, 0.25) is 0 Å². The van der Waals surface area contributed by atoms with Gasteiger partial charge in [-0.1, -0.05) is 0 Å². The summed E-state index contributed by atoms with van der Waals surface area (Å²) in [6, 6.07) is 2.67. The number of ether oxygens (including phenoxy) is 1. The molecule has 0 fully saturated rings. The molecule has 1 atom stereocenters. The van der Waals surface area contributed by atoms with Crippen LogP contribution in [0.15, 0.2) is 24.4 Å². The Kier molecular flexibility index (Phi) is 6.78. The van der Waals surface area contributed by atoms with Crippen LogP contribution in [0.5, 0.6) is 0 Å². The van der Waals surface area contributed by atoms with E-state index in [1.54, 1.807) is 20.8 Å². The van der Waals surface area contributed by atoms with Crippen molar-refractivity contribution in [3.8, 4) is 11.3 Å². The number of hydrogen-bond donors (Lipinski definition) is 2. The Morgan fingerprint density at radius 2 is 1.88 bits per heavy atom. The summed E-state index contributed by atoms with van der Waals surface area (Å²) < 4.78 is 35.2. The second-order valence-corrected chi connectivity index (χ2v) is 8.72. The highest BCUT2D eigenvalue weighted by molar-refractivity contribution is 6.01. The lowest BCUT2D eigenvalue weighted by atomic mass is 10.0. The van der Waals surface area contributed by atoms with Gasteiger partial charge in [0.05, 0.1) is 13.2 Å². The summed E-state index contributed by atoms with van der Waals surface area (Å²) in [7, 11) is 0. The van der Waals surface area contributed by atoms with Crippen molar-refractivity contribution in [2.24, 2.45) is 5.73 Å². The van der Waals surface area contributed by atoms with Crippen molar-refractivity contribution < 1.29 is 33.0 Å². The quantitative estimate of drug-likeness (QED) is 0.611. The molecule has 0 saturated carbocycles. The third-order valence-corrected chi connectivity index (χ3v) is 5.20. The second kappa shape index (κ2) is 9.22. The predicted octanol–water partition coefficient (Wildman–Crippen LogP) is 2.45. The van der Waals surface area contributed by atoms with Crippen LogP contribution in [0.4, 0.5) is 8.78 Å². The molecule has 1 aromatic carbocycles. The SMILES string of the molecule is CC(C)(C)OC(=O)CC[C@@H](C(N)=O)N1Cc2c(ccc(-c3nccc(CO)c3F)c2F)C1=O. The average Bonchev–Trinajstić information content (AvgIpc) is 3.05. The Hall–Kier alpha value is -3.40. The molecular formula is C23H25F2N3O5. The van der Waals surface area contributed by atoms with Gasteiger partial charge in [0.1, 0.15) is 23.2 Å². The first-order valence-corrected chi connectivity index (χ1v) is 10.3. The highest BCUT2D eigenvalue weighted by Crippen LogP contribution is 2.34. The van der Waals surface area contributed by atoms with Gasteiger partial charge in [-0.2, -0.15) is 0 Å². The van der Waals surface area contributed by atoms with Crippen LogP contribution >= 0.6 is 0 Å². The van der Waals surface area contributed by atoms with Gasteiger partial charge in [0.2, 0.25) is 5.91 Å². The molecule has 10 heteroatoms. The molecule has 1 aliphatic rings. The maximum atomic E-state index is 15.3. The number of nitrogens with zero attached hydrogens (tertiary/aromatic N) is 2. The molecular weight excluding hydrogens is 436 g/mol. The molecule has 176 valence electrons. The molecule has 1 aromatic heterocycles. The highest BCUT2D eigenvalue weighted by atomic mass is 19.1. The zero-order valence-corrected chi connectivity index (χ0v) is 18.5. The van der Waals surface area contributed by atoms with Gasteiger partial charge < -0.3 is 20.5 Å². The fourth-order valence-corrected chi connectivity index (χ4v) is 3.70. The number of amides is 2. The van der Waals surface area contributed by atoms with Crippen molar-refractivity contribution in [3.05, 3.63) is 52.7 Å². The molecule has 0 unspecified atom stereocenters. The molecule has 0 saturated heterocycles. The molecule has 2 aromatic rings. The lowest BCUT2D eigenvalue weighted by Crippen LogP contribution is -2.45. The van der Waals surface area contributed by atoms with E-state index < -0.39 is 47.7 Å². The minimum Gasteiger partial charge on any atom is -0.460 e. The zero-order chi connectivity index (χ0) is 24.5. The first-order valence-electron chi connectivity index (χ1n) is 10.3. The van der Waals surface area contributed by atoms with Crippen molar-refractivity contribution in [2.45, 2.75) is 58.4 Å². The smallest absolute Gasteiger partial charge is 0.306 e. The Balaban J connectivity index is 1.88. The third-order valence-electron chi connectivity index (χ3n) is 5.20. The first kappa shape index (κ1) is 24.2. The molecule has 0 aliphatic carbocycles. The van der Waals surface area contributed by atoms with Crippen LogP contribution in [0, 0.1) is 11.6 Å². The number of halogens is 2. The molecule has 1 aliphatic heterocycles. The Morgan fingerprint density at radius 1 is 1.21 bits per heavy atom. The highest BCUT2D eigenvalue weighted by Gasteiger charge is 2.38. The molecule has 8 nitrogen and oxygen atoms in total. The number of rotatable bonds is 7. The number of primary amides is 1. The van der Waals surface area contributed by atoms with Crippen LogP contribution in [-0.4, -0.2) is 44.4 Å². The van der Waals surface area contributed by atoms with Crippen molar-refractivity contribution in [1.29, 1.82) is 0 Å². The van der Waals surface area contributed by atoms with Crippen LogP contribution < -0.4 is 5.73 Å². The number of pyridine rings is 1. The van der Waals surface area contributed by atoms with Crippen LogP contribution in [0.1, 0.15) is 55.1 Å². The fourth-order valence-electron chi connectivity index (χ4n) is 3.70. The zero-order valence-electron chi connectivity index (χ0n) is 18.5. The molecule has 2 amide bonds. The molecule has 0 radical (unpaired) electrons. The van der Waals surface area contributed by atoms with E-state index in [-0.39, 0.29) is 47.3 Å². The molecule has 33 heavy (non-hydrogen) atoms. The van der Waals surface area contributed by atoms with E-state index in [0.29, 0.717) is 0 Å². The summed E-state index contributed by atoms with van der Waals surface area (Å²) in [6.45, 7) is 4.23. The maximum Gasteiger partial charge on any atom is 0.306 e. The number of esters is 1. The lowest BCUT2D eigenvalue weighted by molar-refractivity contribution is -0.155. The van der Waals surface area contributed by atoms with Gasteiger partial charge >= 0.3 is 5.97 Å². The first-order chi connectivity index (χ1) is 15.4. The fraction of sp³-hybridized carbons (Fsp3) is 0.391. The monoisotopic (exact) mass is 461 g/mol. The van der Waals surface area contributed by atoms with Crippen LogP contribution in [0.3, 0.4) is 0 Å². The van der Waals surface area contributed by atoms with Crippen LogP contribution in [-0.2, 0) is 27.5 Å². The number of benzene rings is 1. The summed E-state index contributed by atoms with van der Waals surface area (Å²) in [5, 5.41) is 9.26. The van der Waals surface area contributed by atoms with E-state index in [0.717, 1.165) is 4.90 Å². The number of aliphatic hydroxyl groups excluding tert-OH is 1. The van der Waals surface area contributed by atoms with E-state index in [9.17, 15) is 23.9 Å². The van der Waals surface area contributed by atoms with Crippen molar-refractivity contribution in [1.82, 2.24) is 9.88 Å². The van der Waals surface area contributed by atoms with Gasteiger partial charge in [-0.3, -0.25) is 19.4 Å².